The summed E-state index contributed by atoms with van der Waals surface area (Å²) in [5.41, 5.74) is 9.95. The normalized spacial score (nSPS) is 22.2. The Hall–Kier alpha value is -1.71. The van der Waals surface area contributed by atoms with Crippen molar-refractivity contribution in [2.75, 3.05) is 29.0 Å². The number of benzene rings is 1. The van der Waals surface area contributed by atoms with Gasteiger partial charge in [0, 0.05) is 18.8 Å². The first-order chi connectivity index (χ1) is 8.67. The van der Waals surface area contributed by atoms with Crippen molar-refractivity contribution in [1.82, 2.24) is 0 Å². The van der Waals surface area contributed by atoms with Crippen LogP contribution in [0.3, 0.4) is 0 Å². The molecule has 1 aromatic carbocycles. The van der Waals surface area contributed by atoms with Gasteiger partial charge in [0.05, 0.1) is 17.8 Å². The maximum Gasteiger partial charge on any atom is 0.228 e. The van der Waals surface area contributed by atoms with Gasteiger partial charge in [0.15, 0.2) is 0 Å². The number of fused-ring (bicyclic) bond motifs is 1. The molecule has 3 rings (SSSR count). The molecule has 1 fully saturated rings. The van der Waals surface area contributed by atoms with Crippen LogP contribution >= 0.6 is 0 Å². The number of rotatable bonds is 2. The molecule has 1 aromatic rings. The first-order valence-corrected chi connectivity index (χ1v) is 6.64. The van der Waals surface area contributed by atoms with E-state index in [0.29, 0.717) is 6.42 Å². The fraction of sp³-hybridized carbons (Fsp3) is 0.500. The smallest absolute Gasteiger partial charge is 0.228 e. The van der Waals surface area contributed by atoms with Crippen LogP contribution in [0.2, 0.25) is 0 Å². The Labute approximate surface area is 107 Å². The maximum absolute atomic E-state index is 11.4. The number of carbonyl (C=O) groups is 1. The van der Waals surface area contributed by atoms with Crippen LogP contribution in [-0.2, 0) is 11.2 Å². The molecule has 1 saturated heterocycles. The number of amides is 1. The van der Waals surface area contributed by atoms with E-state index in [-0.39, 0.29) is 5.91 Å². The van der Waals surface area contributed by atoms with E-state index in [1.807, 2.05) is 12.1 Å². The molecule has 0 saturated carbocycles. The van der Waals surface area contributed by atoms with Gasteiger partial charge in [-0.25, -0.2) is 0 Å². The Morgan fingerprint density at radius 1 is 1.50 bits per heavy atom. The first kappa shape index (κ1) is 11.4. The van der Waals surface area contributed by atoms with Crippen LogP contribution in [0.5, 0.6) is 0 Å². The molecule has 3 N–H and O–H groups in total. The zero-order chi connectivity index (χ0) is 12.7. The number of carbonyl (C=O) groups excluding carboxylic acids is 1. The molecule has 2 aliphatic heterocycles. The second kappa shape index (κ2) is 4.19. The number of anilines is 3. The van der Waals surface area contributed by atoms with Crippen molar-refractivity contribution in [2.24, 2.45) is 5.92 Å². The molecule has 0 aliphatic carbocycles. The molecule has 2 aliphatic rings. The van der Waals surface area contributed by atoms with Gasteiger partial charge in [0.2, 0.25) is 5.91 Å². The highest BCUT2D eigenvalue weighted by molar-refractivity contribution is 6.00. The molecule has 0 bridgehead atoms. The minimum atomic E-state index is 0.0643. The minimum Gasteiger partial charge on any atom is -0.397 e. The van der Waals surface area contributed by atoms with Crippen molar-refractivity contribution >= 4 is 23.0 Å². The number of nitrogens with one attached hydrogen (secondary N) is 1. The van der Waals surface area contributed by atoms with Crippen LogP contribution in [0, 0.1) is 5.92 Å². The lowest BCUT2D eigenvalue weighted by atomic mass is 10.1. The monoisotopic (exact) mass is 245 g/mol. The summed E-state index contributed by atoms with van der Waals surface area (Å²) in [5, 5.41) is 2.89. The Bertz CT molecular complexity index is 498. The quantitative estimate of drug-likeness (QED) is 0.783. The van der Waals surface area contributed by atoms with E-state index >= 15 is 0 Å². The average molecular weight is 245 g/mol. The number of hydrogen-bond acceptors (Lipinski definition) is 3. The van der Waals surface area contributed by atoms with E-state index in [0.717, 1.165) is 41.6 Å². The SMILES string of the molecule is CCC1CCN(c2cc3c(cc2N)CC(=O)N3)C1. The zero-order valence-electron chi connectivity index (χ0n) is 10.7. The first-order valence-electron chi connectivity index (χ1n) is 6.64. The highest BCUT2D eigenvalue weighted by Crippen LogP contribution is 2.36. The fourth-order valence-electron chi connectivity index (χ4n) is 2.94. The lowest BCUT2D eigenvalue weighted by molar-refractivity contribution is -0.115. The molecule has 0 radical (unpaired) electrons. The zero-order valence-corrected chi connectivity index (χ0v) is 10.7. The predicted molar refractivity (Wildman–Crippen MR) is 73.8 cm³/mol. The Balaban J connectivity index is 1.90. The van der Waals surface area contributed by atoms with Gasteiger partial charge in [-0.1, -0.05) is 13.3 Å². The van der Waals surface area contributed by atoms with Gasteiger partial charge in [0.25, 0.3) is 0 Å². The molecule has 1 amide bonds. The third-order valence-electron chi connectivity index (χ3n) is 4.08. The molecule has 96 valence electrons. The van der Waals surface area contributed by atoms with E-state index in [1.165, 1.54) is 12.8 Å². The van der Waals surface area contributed by atoms with Gasteiger partial charge in [-0.3, -0.25) is 4.79 Å². The number of nitrogens with zero attached hydrogens (tertiary/aromatic N) is 1. The highest BCUT2D eigenvalue weighted by atomic mass is 16.1. The maximum atomic E-state index is 11.4. The second-order valence-electron chi connectivity index (χ2n) is 5.30. The molecule has 18 heavy (non-hydrogen) atoms. The molecule has 2 heterocycles. The van der Waals surface area contributed by atoms with Crippen LogP contribution in [0.15, 0.2) is 12.1 Å². The van der Waals surface area contributed by atoms with Crippen LogP contribution in [0.1, 0.15) is 25.3 Å². The van der Waals surface area contributed by atoms with E-state index in [4.69, 9.17) is 5.73 Å². The summed E-state index contributed by atoms with van der Waals surface area (Å²) < 4.78 is 0. The van der Waals surface area contributed by atoms with Crippen LogP contribution in [-0.4, -0.2) is 19.0 Å². The Morgan fingerprint density at radius 3 is 3.06 bits per heavy atom. The van der Waals surface area contributed by atoms with E-state index in [2.05, 4.69) is 17.1 Å². The van der Waals surface area contributed by atoms with Crippen LogP contribution in [0.4, 0.5) is 17.1 Å². The molecular weight excluding hydrogens is 226 g/mol. The van der Waals surface area contributed by atoms with E-state index in [1.54, 1.807) is 0 Å². The summed E-state index contributed by atoms with van der Waals surface area (Å²) in [4.78, 5) is 13.7. The topological polar surface area (TPSA) is 58.4 Å². The minimum absolute atomic E-state index is 0.0643. The second-order valence-corrected chi connectivity index (χ2v) is 5.30. The molecule has 1 atom stereocenters. The fourth-order valence-corrected chi connectivity index (χ4v) is 2.94. The highest BCUT2D eigenvalue weighted by Gasteiger charge is 2.25. The lowest BCUT2D eigenvalue weighted by Crippen LogP contribution is -2.20. The molecule has 1 unspecified atom stereocenters. The predicted octanol–water partition coefficient (Wildman–Crippen LogP) is 2.00. The summed E-state index contributed by atoms with van der Waals surface area (Å²) in [5.74, 6) is 0.835. The average Bonchev–Trinajstić information content (AvgIpc) is 2.92. The summed E-state index contributed by atoms with van der Waals surface area (Å²) in [6.45, 7) is 4.38. The molecule has 0 aromatic heterocycles. The number of nitrogen functional groups attached to an aromatic ring is 1. The standard InChI is InChI=1S/C14H19N3O/c1-2-9-3-4-17(8-9)13-7-12-10(5-11(13)15)6-14(18)16-12/h5,7,9H,2-4,6,8,15H2,1H3,(H,16,18). The van der Waals surface area contributed by atoms with Gasteiger partial charge in [-0.15, -0.1) is 0 Å². The summed E-state index contributed by atoms with van der Waals surface area (Å²) in [7, 11) is 0. The van der Waals surface area contributed by atoms with Gasteiger partial charge >= 0.3 is 0 Å². The van der Waals surface area contributed by atoms with Gasteiger partial charge in [0.1, 0.15) is 0 Å². The van der Waals surface area contributed by atoms with Gasteiger partial charge in [-0.2, -0.15) is 0 Å². The van der Waals surface area contributed by atoms with Crippen LogP contribution < -0.4 is 16.0 Å². The van der Waals surface area contributed by atoms with Gasteiger partial charge < -0.3 is 16.0 Å². The van der Waals surface area contributed by atoms with Gasteiger partial charge in [-0.05, 0) is 30.0 Å². The summed E-state index contributed by atoms with van der Waals surface area (Å²) >= 11 is 0. The molecule has 0 spiro atoms. The van der Waals surface area contributed by atoms with Crippen molar-refractivity contribution in [1.29, 1.82) is 0 Å². The van der Waals surface area contributed by atoms with Crippen molar-refractivity contribution in [3.05, 3.63) is 17.7 Å². The number of nitrogens with two attached hydrogens (primary N) is 1. The Morgan fingerprint density at radius 2 is 2.33 bits per heavy atom. The Kier molecular flexibility index (Phi) is 2.65. The largest absolute Gasteiger partial charge is 0.397 e. The molecule has 4 heteroatoms. The molecular formula is C14H19N3O. The summed E-state index contributed by atoms with van der Waals surface area (Å²) in [6, 6.07) is 3.98. The third-order valence-corrected chi connectivity index (χ3v) is 4.08. The lowest BCUT2D eigenvalue weighted by Gasteiger charge is -2.21. The van der Waals surface area contributed by atoms with E-state index < -0.39 is 0 Å². The van der Waals surface area contributed by atoms with Crippen molar-refractivity contribution in [3.63, 3.8) is 0 Å². The van der Waals surface area contributed by atoms with Crippen molar-refractivity contribution < 1.29 is 4.79 Å². The van der Waals surface area contributed by atoms with Crippen molar-refractivity contribution in [3.8, 4) is 0 Å². The van der Waals surface area contributed by atoms with E-state index in [9.17, 15) is 4.79 Å². The molecule has 4 nitrogen and oxygen atoms in total. The summed E-state index contributed by atoms with van der Waals surface area (Å²) in [6.07, 6.45) is 2.91. The van der Waals surface area contributed by atoms with Crippen molar-refractivity contribution in [2.45, 2.75) is 26.2 Å². The van der Waals surface area contributed by atoms with Crippen LogP contribution in [0.25, 0.3) is 0 Å². The third kappa shape index (κ3) is 1.82. The number of hydrogen-bond donors (Lipinski definition) is 2.